The first kappa shape index (κ1) is 21.1. The highest BCUT2D eigenvalue weighted by Gasteiger charge is 2.23. The minimum Gasteiger partial charge on any atom is -0.357 e. The van der Waals surface area contributed by atoms with E-state index in [-0.39, 0.29) is 0 Å². The minimum absolute atomic E-state index is 0.460. The fourth-order valence-electron chi connectivity index (χ4n) is 4.17. The number of nitrogens with zero attached hydrogens (tertiary/aromatic N) is 4. The summed E-state index contributed by atoms with van der Waals surface area (Å²) in [6.07, 6.45) is 2.45. The monoisotopic (exact) mass is 386 g/mol. The Hall–Kier alpha value is -1.63. The van der Waals surface area contributed by atoms with Gasteiger partial charge in [0.15, 0.2) is 5.96 Å². The van der Waals surface area contributed by atoms with Crippen LogP contribution in [0.1, 0.15) is 25.3 Å². The number of rotatable bonds is 6. The number of guanidine groups is 1. The van der Waals surface area contributed by atoms with Crippen LogP contribution in [0.25, 0.3) is 0 Å². The van der Waals surface area contributed by atoms with Gasteiger partial charge in [0, 0.05) is 51.4 Å². The van der Waals surface area contributed by atoms with E-state index in [0.29, 0.717) is 12.1 Å². The van der Waals surface area contributed by atoms with Crippen LogP contribution in [0.15, 0.2) is 35.3 Å². The molecule has 3 rings (SSSR count). The zero-order chi connectivity index (χ0) is 19.8. The van der Waals surface area contributed by atoms with Gasteiger partial charge in [0.05, 0.1) is 6.54 Å². The molecule has 2 atom stereocenters. The Kier molecular flexibility index (Phi) is 8.13. The van der Waals surface area contributed by atoms with Crippen molar-refractivity contribution >= 4 is 5.96 Å². The SMILES string of the molecule is CCNC(=NCC1CN(C)CCN1C)NC1CCCN(Cc2ccccc2)C1. The maximum absolute atomic E-state index is 4.93. The van der Waals surface area contributed by atoms with Crippen LogP contribution in [0.3, 0.4) is 0 Å². The first-order valence-corrected chi connectivity index (χ1v) is 10.8. The van der Waals surface area contributed by atoms with Crippen LogP contribution in [0.4, 0.5) is 0 Å². The Labute approximate surface area is 171 Å². The molecule has 0 saturated carbocycles. The average Bonchev–Trinajstić information content (AvgIpc) is 2.70. The predicted octanol–water partition coefficient (Wildman–Crippen LogP) is 1.45. The Morgan fingerprint density at radius 1 is 1.11 bits per heavy atom. The van der Waals surface area contributed by atoms with Gasteiger partial charge >= 0.3 is 0 Å². The molecule has 2 unspecified atom stereocenters. The summed E-state index contributed by atoms with van der Waals surface area (Å²) in [5.74, 6) is 0.968. The van der Waals surface area contributed by atoms with E-state index in [1.807, 2.05) is 0 Å². The number of likely N-dealkylation sites (tertiary alicyclic amines) is 1. The molecule has 6 heteroatoms. The number of hydrogen-bond donors (Lipinski definition) is 2. The largest absolute Gasteiger partial charge is 0.357 e. The molecule has 6 nitrogen and oxygen atoms in total. The van der Waals surface area contributed by atoms with Gasteiger partial charge in [-0.25, -0.2) is 0 Å². The smallest absolute Gasteiger partial charge is 0.191 e. The molecular formula is C22H38N6. The lowest BCUT2D eigenvalue weighted by molar-refractivity contribution is 0.119. The summed E-state index contributed by atoms with van der Waals surface area (Å²) in [5.41, 5.74) is 1.40. The van der Waals surface area contributed by atoms with E-state index in [1.54, 1.807) is 0 Å². The molecule has 1 aromatic rings. The quantitative estimate of drug-likeness (QED) is 0.572. The van der Waals surface area contributed by atoms with Crippen molar-refractivity contribution in [1.29, 1.82) is 0 Å². The predicted molar refractivity (Wildman–Crippen MR) is 118 cm³/mol. The molecule has 0 amide bonds. The summed E-state index contributed by atoms with van der Waals surface area (Å²) in [5, 5.41) is 7.15. The van der Waals surface area contributed by atoms with E-state index in [9.17, 15) is 0 Å². The topological polar surface area (TPSA) is 46.1 Å². The highest BCUT2D eigenvalue weighted by Crippen LogP contribution is 2.14. The number of piperazine rings is 1. The second kappa shape index (κ2) is 10.8. The molecule has 2 fully saturated rings. The van der Waals surface area contributed by atoms with Crippen LogP contribution in [-0.2, 0) is 6.54 Å². The van der Waals surface area contributed by atoms with Crippen LogP contribution in [0.5, 0.6) is 0 Å². The summed E-state index contributed by atoms with van der Waals surface area (Å²) >= 11 is 0. The van der Waals surface area contributed by atoms with Gasteiger partial charge in [0.2, 0.25) is 0 Å². The minimum atomic E-state index is 0.460. The highest BCUT2D eigenvalue weighted by atomic mass is 15.3. The molecule has 0 spiro atoms. The standard InChI is InChI=1S/C22H38N6/c1-4-23-22(24-15-21-18-26(2)13-14-27(21)3)25-20-11-8-12-28(17-20)16-19-9-6-5-7-10-19/h5-7,9-10,20-21H,4,8,11-18H2,1-3H3,(H2,23,24,25). The maximum Gasteiger partial charge on any atom is 0.191 e. The number of hydrogen-bond acceptors (Lipinski definition) is 4. The van der Waals surface area contributed by atoms with E-state index in [1.165, 1.54) is 24.9 Å². The first-order valence-electron chi connectivity index (χ1n) is 10.8. The Morgan fingerprint density at radius 2 is 1.93 bits per heavy atom. The van der Waals surface area contributed by atoms with Gasteiger partial charge in [-0.2, -0.15) is 0 Å². The Morgan fingerprint density at radius 3 is 2.71 bits per heavy atom. The molecule has 1 aromatic carbocycles. The van der Waals surface area contributed by atoms with Crippen LogP contribution in [0.2, 0.25) is 0 Å². The van der Waals surface area contributed by atoms with Crippen LogP contribution in [-0.4, -0.2) is 92.7 Å². The van der Waals surface area contributed by atoms with Crippen molar-refractivity contribution in [3.05, 3.63) is 35.9 Å². The second-order valence-corrected chi connectivity index (χ2v) is 8.32. The van der Waals surface area contributed by atoms with Gasteiger partial charge in [-0.05, 0) is 46.0 Å². The molecule has 0 radical (unpaired) electrons. The summed E-state index contributed by atoms with van der Waals surface area (Å²) in [7, 11) is 4.42. The normalized spacial score (nSPS) is 25.6. The second-order valence-electron chi connectivity index (χ2n) is 8.32. The highest BCUT2D eigenvalue weighted by molar-refractivity contribution is 5.80. The van der Waals surface area contributed by atoms with Crippen LogP contribution < -0.4 is 10.6 Å². The third-order valence-corrected chi connectivity index (χ3v) is 5.88. The summed E-state index contributed by atoms with van der Waals surface area (Å²) in [6, 6.07) is 11.7. The maximum atomic E-state index is 4.93. The zero-order valence-corrected chi connectivity index (χ0v) is 17.9. The summed E-state index contributed by atoms with van der Waals surface area (Å²) in [4.78, 5) is 12.3. The molecule has 0 aromatic heterocycles. The van der Waals surface area contributed by atoms with Crippen molar-refractivity contribution in [3.63, 3.8) is 0 Å². The van der Waals surface area contributed by atoms with Gasteiger partial charge in [0.1, 0.15) is 0 Å². The fourth-order valence-corrected chi connectivity index (χ4v) is 4.17. The molecule has 2 heterocycles. The molecule has 2 aliphatic rings. The van der Waals surface area contributed by atoms with Crippen LogP contribution in [0, 0.1) is 0 Å². The zero-order valence-electron chi connectivity index (χ0n) is 17.9. The van der Waals surface area contributed by atoms with Gasteiger partial charge < -0.3 is 15.5 Å². The van der Waals surface area contributed by atoms with E-state index in [0.717, 1.165) is 51.8 Å². The average molecular weight is 387 g/mol. The van der Waals surface area contributed by atoms with Gasteiger partial charge in [-0.3, -0.25) is 14.8 Å². The van der Waals surface area contributed by atoms with Crippen molar-refractivity contribution < 1.29 is 0 Å². The molecule has 156 valence electrons. The molecule has 0 aliphatic carbocycles. The van der Waals surface area contributed by atoms with E-state index in [2.05, 4.69) is 76.7 Å². The molecule has 2 N–H and O–H groups in total. The fraction of sp³-hybridized carbons (Fsp3) is 0.682. The number of benzene rings is 1. The lowest BCUT2D eigenvalue weighted by Gasteiger charge is -2.37. The molecule has 2 saturated heterocycles. The number of nitrogens with one attached hydrogen (secondary N) is 2. The van der Waals surface area contributed by atoms with Crippen molar-refractivity contribution in [2.75, 3.05) is 59.9 Å². The number of piperidine rings is 1. The van der Waals surface area contributed by atoms with Gasteiger partial charge in [-0.1, -0.05) is 30.3 Å². The number of likely N-dealkylation sites (N-methyl/N-ethyl adjacent to an activating group) is 2. The van der Waals surface area contributed by atoms with Crippen LogP contribution >= 0.6 is 0 Å². The third kappa shape index (κ3) is 6.47. The first-order chi connectivity index (χ1) is 13.6. The van der Waals surface area contributed by atoms with Crippen molar-refractivity contribution in [2.24, 2.45) is 4.99 Å². The molecule has 0 bridgehead atoms. The summed E-state index contributed by atoms with van der Waals surface area (Å²) < 4.78 is 0. The lowest BCUT2D eigenvalue weighted by atomic mass is 10.0. The Balaban J connectivity index is 1.53. The lowest BCUT2D eigenvalue weighted by Crippen LogP contribution is -2.53. The summed E-state index contributed by atoms with van der Waals surface area (Å²) in [6.45, 7) is 10.5. The van der Waals surface area contributed by atoms with Gasteiger partial charge in [-0.15, -0.1) is 0 Å². The van der Waals surface area contributed by atoms with Crippen molar-refractivity contribution in [2.45, 2.75) is 38.4 Å². The Bertz CT molecular complexity index is 604. The molecule has 2 aliphatic heterocycles. The molecule has 28 heavy (non-hydrogen) atoms. The van der Waals surface area contributed by atoms with Gasteiger partial charge in [0.25, 0.3) is 0 Å². The van der Waals surface area contributed by atoms with E-state index < -0.39 is 0 Å². The molecular weight excluding hydrogens is 348 g/mol. The number of aliphatic imine (C=N–C) groups is 1. The van der Waals surface area contributed by atoms with E-state index >= 15 is 0 Å². The van der Waals surface area contributed by atoms with Crippen molar-refractivity contribution in [1.82, 2.24) is 25.3 Å². The van der Waals surface area contributed by atoms with Crippen molar-refractivity contribution in [3.8, 4) is 0 Å². The van der Waals surface area contributed by atoms with E-state index in [4.69, 9.17) is 4.99 Å². The third-order valence-electron chi connectivity index (χ3n) is 5.88.